The molecule has 1 rings (SSSR count). The van der Waals surface area contributed by atoms with Crippen LogP contribution in [0.25, 0.3) is 0 Å². The van der Waals surface area contributed by atoms with Crippen LogP contribution >= 0.6 is 15.9 Å². The smallest absolute Gasteiger partial charge is 0.123 e. The first-order valence-corrected chi connectivity index (χ1v) is 7.22. The summed E-state index contributed by atoms with van der Waals surface area (Å²) in [5.41, 5.74) is 1.14. The largest absolute Gasteiger partial charge is 0.493 e. The molecule has 0 saturated carbocycles. The van der Waals surface area contributed by atoms with E-state index in [1.165, 1.54) is 0 Å². The van der Waals surface area contributed by atoms with Crippen LogP contribution in [0, 0.1) is 0 Å². The molecular weight excluding hydrogens is 294 g/mol. The highest BCUT2D eigenvalue weighted by Gasteiger charge is 2.06. The summed E-state index contributed by atoms with van der Waals surface area (Å²) in [6.45, 7) is 5.87. The van der Waals surface area contributed by atoms with Crippen LogP contribution in [-0.2, 0) is 6.54 Å². The standard InChI is InChI=1S/C14H22BrNO2/c1-3-8-18-14-5-4-13(15)9-12(14)10-16-11(2)6-7-17/h4-5,9,11,16-17H,3,6-8,10H2,1-2H3. The number of nitrogens with one attached hydrogen (secondary N) is 1. The highest BCUT2D eigenvalue weighted by molar-refractivity contribution is 9.10. The van der Waals surface area contributed by atoms with Gasteiger partial charge in [-0.15, -0.1) is 0 Å². The van der Waals surface area contributed by atoms with E-state index in [2.05, 4.69) is 41.2 Å². The van der Waals surface area contributed by atoms with Gasteiger partial charge in [-0.05, 0) is 38.0 Å². The number of benzene rings is 1. The Morgan fingerprint density at radius 1 is 1.44 bits per heavy atom. The summed E-state index contributed by atoms with van der Waals surface area (Å²) in [4.78, 5) is 0. The predicted molar refractivity (Wildman–Crippen MR) is 77.9 cm³/mol. The maximum Gasteiger partial charge on any atom is 0.123 e. The topological polar surface area (TPSA) is 41.5 Å². The molecular formula is C14H22BrNO2. The van der Waals surface area contributed by atoms with Crippen molar-refractivity contribution in [2.75, 3.05) is 13.2 Å². The second kappa shape index (κ2) is 8.51. The first kappa shape index (κ1) is 15.5. The Labute approximate surface area is 118 Å². The summed E-state index contributed by atoms with van der Waals surface area (Å²) < 4.78 is 6.78. The van der Waals surface area contributed by atoms with E-state index in [-0.39, 0.29) is 6.61 Å². The van der Waals surface area contributed by atoms with Crippen molar-refractivity contribution < 1.29 is 9.84 Å². The maximum atomic E-state index is 8.88. The number of hydrogen-bond acceptors (Lipinski definition) is 3. The highest BCUT2D eigenvalue weighted by Crippen LogP contribution is 2.23. The molecule has 1 atom stereocenters. The van der Waals surface area contributed by atoms with Crippen molar-refractivity contribution in [3.05, 3.63) is 28.2 Å². The number of ether oxygens (including phenoxy) is 1. The third-order valence-corrected chi connectivity index (χ3v) is 3.18. The van der Waals surface area contributed by atoms with Gasteiger partial charge in [-0.2, -0.15) is 0 Å². The average molecular weight is 316 g/mol. The molecule has 0 aliphatic heterocycles. The van der Waals surface area contributed by atoms with E-state index in [0.717, 1.165) is 41.8 Å². The van der Waals surface area contributed by atoms with Crippen LogP contribution in [0.5, 0.6) is 5.75 Å². The van der Waals surface area contributed by atoms with E-state index in [9.17, 15) is 0 Å². The summed E-state index contributed by atoms with van der Waals surface area (Å²) in [7, 11) is 0. The van der Waals surface area contributed by atoms with Gasteiger partial charge in [-0.1, -0.05) is 22.9 Å². The third kappa shape index (κ3) is 5.38. The number of aliphatic hydroxyl groups excluding tert-OH is 1. The van der Waals surface area contributed by atoms with Crippen molar-refractivity contribution in [3.63, 3.8) is 0 Å². The summed E-state index contributed by atoms with van der Waals surface area (Å²) in [5, 5.41) is 12.3. The summed E-state index contributed by atoms with van der Waals surface area (Å²) in [5.74, 6) is 0.934. The molecule has 1 aromatic rings. The van der Waals surface area contributed by atoms with Gasteiger partial charge in [-0.25, -0.2) is 0 Å². The third-order valence-electron chi connectivity index (χ3n) is 2.69. The molecule has 2 N–H and O–H groups in total. The Balaban J connectivity index is 2.63. The van der Waals surface area contributed by atoms with Crippen molar-refractivity contribution in [1.82, 2.24) is 5.32 Å². The Morgan fingerprint density at radius 2 is 2.22 bits per heavy atom. The van der Waals surface area contributed by atoms with Crippen LogP contribution in [-0.4, -0.2) is 24.4 Å². The lowest BCUT2D eigenvalue weighted by Gasteiger charge is -2.15. The van der Waals surface area contributed by atoms with Crippen LogP contribution in [0.15, 0.2) is 22.7 Å². The molecule has 4 heteroatoms. The molecule has 0 amide bonds. The van der Waals surface area contributed by atoms with Crippen LogP contribution in [0.4, 0.5) is 0 Å². The van der Waals surface area contributed by atoms with Crippen LogP contribution < -0.4 is 10.1 Å². The van der Waals surface area contributed by atoms with Gasteiger partial charge in [-0.3, -0.25) is 0 Å². The number of hydrogen-bond donors (Lipinski definition) is 2. The molecule has 0 spiro atoms. The zero-order valence-corrected chi connectivity index (χ0v) is 12.7. The molecule has 3 nitrogen and oxygen atoms in total. The zero-order valence-electron chi connectivity index (χ0n) is 11.1. The first-order valence-electron chi connectivity index (χ1n) is 6.42. The van der Waals surface area contributed by atoms with Crippen LogP contribution in [0.3, 0.4) is 0 Å². The van der Waals surface area contributed by atoms with Gasteiger partial charge in [0, 0.05) is 29.2 Å². The number of rotatable bonds is 8. The summed E-state index contributed by atoms with van der Waals surface area (Å²) >= 11 is 3.48. The lowest BCUT2D eigenvalue weighted by Crippen LogP contribution is -2.26. The lowest BCUT2D eigenvalue weighted by atomic mass is 10.1. The van der Waals surface area contributed by atoms with Crippen LogP contribution in [0.1, 0.15) is 32.3 Å². The summed E-state index contributed by atoms with van der Waals surface area (Å²) in [6, 6.07) is 6.36. The Hall–Kier alpha value is -0.580. The quantitative estimate of drug-likeness (QED) is 0.774. The molecule has 0 aliphatic rings. The van der Waals surface area contributed by atoms with Gasteiger partial charge in [0.1, 0.15) is 5.75 Å². The monoisotopic (exact) mass is 315 g/mol. The lowest BCUT2D eigenvalue weighted by molar-refractivity contribution is 0.268. The number of aliphatic hydroxyl groups is 1. The van der Waals surface area contributed by atoms with Crippen LogP contribution in [0.2, 0.25) is 0 Å². The fraction of sp³-hybridized carbons (Fsp3) is 0.571. The van der Waals surface area contributed by atoms with Gasteiger partial charge >= 0.3 is 0 Å². The van der Waals surface area contributed by atoms with Gasteiger partial charge in [0.15, 0.2) is 0 Å². The first-order chi connectivity index (χ1) is 8.67. The normalized spacial score (nSPS) is 12.4. The molecule has 0 aliphatic carbocycles. The molecule has 18 heavy (non-hydrogen) atoms. The van der Waals surface area contributed by atoms with Crippen molar-refractivity contribution in [3.8, 4) is 5.75 Å². The Kier molecular flexibility index (Phi) is 7.32. The van der Waals surface area contributed by atoms with E-state index in [1.807, 2.05) is 12.1 Å². The second-order valence-electron chi connectivity index (χ2n) is 4.39. The molecule has 0 fully saturated rings. The molecule has 0 heterocycles. The minimum atomic E-state index is 0.214. The minimum absolute atomic E-state index is 0.214. The fourth-order valence-electron chi connectivity index (χ4n) is 1.62. The number of halogens is 1. The van der Waals surface area contributed by atoms with E-state index >= 15 is 0 Å². The van der Waals surface area contributed by atoms with Gasteiger partial charge in [0.05, 0.1) is 6.61 Å². The minimum Gasteiger partial charge on any atom is -0.493 e. The molecule has 0 bridgehead atoms. The highest BCUT2D eigenvalue weighted by atomic mass is 79.9. The van der Waals surface area contributed by atoms with Crippen molar-refractivity contribution >= 4 is 15.9 Å². The Morgan fingerprint density at radius 3 is 2.89 bits per heavy atom. The molecule has 0 aromatic heterocycles. The molecule has 0 saturated heterocycles. The molecule has 0 radical (unpaired) electrons. The zero-order chi connectivity index (χ0) is 13.4. The maximum absolute atomic E-state index is 8.88. The molecule has 1 unspecified atom stereocenters. The van der Waals surface area contributed by atoms with Crippen molar-refractivity contribution in [2.24, 2.45) is 0 Å². The van der Waals surface area contributed by atoms with Crippen molar-refractivity contribution in [1.29, 1.82) is 0 Å². The van der Waals surface area contributed by atoms with Crippen molar-refractivity contribution in [2.45, 2.75) is 39.3 Å². The fourth-order valence-corrected chi connectivity index (χ4v) is 2.03. The predicted octanol–water partition coefficient (Wildman–Crippen LogP) is 3.10. The average Bonchev–Trinajstić information content (AvgIpc) is 2.35. The second-order valence-corrected chi connectivity index (χ2v) is 5.31. The van der Waals surface area contributed by atoms with E-state index in [1.54, 1.807) is 0 Å². The molecule has 1 aromatic carbocycles. The molecule has 102 valence electrons. The van der Waals surface area contributed by atoms with E-state index < -0.39 is 0 Å². The Bertz CT molecular complexity index is 358. The SMILES string of the molecule is CCCOc1ccc(Br)cc1CNC(C)CCO. The van der Waals surface area contributed by atoms with Gasteiger partial charge in [0.25, 0.3) is 0 Å². The van der Waals surface area contributed by atoms with E-state index in [4.69, 9.17) is 9.84 Å². The summed E-state index contributed by atoms with van der Waals surface area (Å²) in [6.07, 6.45) is 1.77. The van der Waals surface area contributed by atoms with Gasteiger partial charge < -0.3 is 15.2 Å². The van der Waals surface area contributed by atoms with E-state index in [0.29, 0.717) is 6.04 Å². The van der Waals surface area contributed by atoms with Gasteiger partial charge in [0.2, 0.25) is 0 Å².